The molecule has 8 heteroatoms. The Balaban J connectivity index is 0.000000857. The molecule has 6 rings (SSSR count). The van der Waals surface area contributed by atoms with E-state index in [0.29, 0.717) is 34.5 Å². The maximum atomic E-state index is 9.63. The van der Waals surface area contributed by atoms with Crippen molar-refractivity contribution in [2.24, 2.45) is 0 Å². The molecule has 6 N–H and O–H groups in total. The predicted molar refractivity (Wildman–Crippen MR) is 246 cm³/mol. The summed E-state index contributed by atoms with van der Waals surface area (Å²) in [6, 6.07) is 34.2. The first-order chi connectivity index (χ1) is 26.5. The Labute approximate surface area is 396 Å². The van der Waals surface area contributed by atoms with Crippen molar-refractivity contribution in [1.29, 1.82) is 0 Å². The van der Waals surface area contributed by atoms with Crippen LogP contribution in [0.2, 0.25) is 0 Å². The van der Waals surface area contributed by atoms with Crippen LogP contribution in [0.15, 0.2) is 109 Å². The minimum atomic E-state index is -0.170. The summed E-state index contributed by atoms with van der Waals surface area (Å²) in [7, 11) is 0. The van der Waals surface area contributed by atoms with Gasteiger partial charge >= 0.3 is 0 Å². The molecule has 0 heterocycles. The van der Waals surface area contributed by atoms with Crippen LogP contribution in [0.1, 0.15) is 108 Å². The monoisotopic (exact) mass is 894 g/mol. The van der Waals surface area contributed by atoms with E-state index in [-0.39, 0.29) is 74.5 Å². The fourth-order valence-electron chi connectivity index (χ4n) is 6.77. The molecule has 0 fully saturated rings. The summed E-state index contributed by atoms with van der Waals surface area (Å²) >= 11 is 0. The molecule has 0 bridgehead atoms. The molecule has 6 aromatic carbocycles. The zero-order valence-electron chi connectivity index (χ0n) is 38.6. The van der Waals surface area contributed by atoms with E-state index >= 15 is 0 Å². The Kier molecular flexibility index (Phi) is 20.9. The number of hydrogen-bond donors (Lipinski definition) is 6. The number of benzene rings is 6. The number of aromatic hydroxyl groups is 6. The van der Waals surface area contributed by atoms with Crippen LogP contribution in [-0.4, -0.2) is 30.6 Å². The van der Waals surface area contributed by atoms with Gasteiger partial charge in [-0.05, 0) is 145 Å². The van der Waals surface area contributed by atoms with Gasteiger partial charge in [0.25, 0.3) is 0 Å². The first kappa shape index (κ1) is 56.5. The second-order valence-electron chi connectivity index (χ2n) is 16.9. The van der Waals surface area contributed by atoms with Gasteiger partial charge in [0.1, 0.15) is 34.5 Å². The maximum absolute atomic E-state index is 9.63. The second kappa shape index (κ2) is 22.6. The van der Waals surface area contributed by atoms with E-state index in [2.05, 4.69) is 41.5 Å². The van der Waals surface area contributed by atoms with Crippen molar-refractivity contribution >= 4 is 0 Å². The van der Waals surface area contributed by atoms with Gasteiger partial charge in [-0.25, -0.2) is 0 Å². The molecule has 0 radical (unpaired) electrons. The number of phenolic OH excluding ortho intramolecular Hbond substituents is 6. The third kappa shape index (κ3) is 13.3. The van der Waals surface area contributed by atoms with Crippen molar-refractivity contribution in [3.8, 4) is 34.5 Å². The summed E-state index contributed by atoms with van der Waals surface area (Å²) in [4.78, 5) is 0. The molecule has 61 heavy (non-hydrogen) atoms. The van der Waals surface area contributed by atoms with E-state index in [0.717, 1.165) is 66.8 Å². The van der Waals surface area contributed by atoms with E-state index in [4.69, 9.17) is 0 Å². The van der Waals surface area contributed by atoms with E-state index in [1.54, 1.807) is 36.4 Å². The minimum Gasteiger partial charge on any atom is -0.508 e. The van der Waals surface area contributed by atoms with Crippen LogP contribution < -0.4 is 0 Å². The van der Waals surface area contributed by atoms with Crippen LogP contribution in [0.4, 0.5) is 0 Å². The Morgan fingerprint density at radius 3 is 0.475 bits per heavy atom. The summed E-state index contributed by atoms with van der Waals surface area (Å²) in [5, 5.41) is 57.8. The van der Waals surface area contributed by atoms with E-state index < -0.39 is 0 Å². The molecule has 0 spiro atoms. The third-order valence-corrected chi connectivity index (χ3v) is 11.5. The van der Waals surface area contributed by atoms with Crippen LogP contribution in [0.3, 0.4) is 0 Å². The first-order valence-corrected chi connectivity index (χ1v) is 19.3. The molecular formula is C53H66O6Ti2-2. The number of rotatable bonds is 6. The van der Waals surface area contributed by atoms with Gasteiger partial charge in [-0.15, -0.1) is 0 Å². The fourth-order valence-corrected chi connectivity index (χ4v) is 6.77. The zero-order valence-corrected chi connectivity index (χ0v) is 41.7. The van der Waals surface area contributed by atoms with Gasteiger partial charge < -0.3 is 45.5 Å². The van der Waals surface area contributed by atoms with Crippen LogP contribution in [0, 0.1) is 56.4 Å². The van der Waals surface area contributed by atoms with Crippen molar-refractivity contribution < 1.29 is 74.1 Å². The van der Waals surface area contributed by atoms with Gasteiger partial charge in [0, 0.05) is 59.7 Å². The standard InChI is InChI=1S/3C17H20O2.2CH3.2Ti/c3*1-11-9-13(5-7-15(11)18)17(3,4)14-6-8-16(19)12(2)10-14;;;;/h3*5-10,18-19H,1-4H3;2*1H3;;/q;;;2*-1;;. The van der Waals surface area contributed by atoms with E-state index in [9.17, 15) is 30.6 Å². The first-order valence-electron chi connectivity index (χ1n) is 19.3. The molecule has 0 atom stereocenters. The molecule has 0 amide bonds. The quantitative estimate of drug-likeness (QED) is 0.0732. The van der Waals surface area contributed by atoms with Gasteiger partial charge in [-0.1, -0.05) is 114 Å². The fraction of sp³-hybridized carbons (Fsp3) is 0.283. The van der Waals surface area contributed by atoms with E-state index in [1.807, 2.05) is 114 Å². The molecule has 0 unspecified atom stereocenters. The Morgan fingerprint density at radius 1 is 0.262 bits per heavy atom. The molecule has 6 nitrogen and oxygen atoms in total. The van der Waals surface area contributed by atoms with Crippen LogP contribution in [-0.2, 0) is 59.7 Å². The molecule has 0 saturated carbocycles. The van der Waals surface area contributed by atoms with Crippen molar-refractivity contribution in [2.45, 2.75) is 99.3 Å². The molecule has 0 aromatic heterocycles. The SMILES string of the molecule is Cc1cc(C(C)(C)c2ccc(O)c(C)c2)ccc1O.Cc1cc(C(C)(C)c2ccc(O)c(C)c2)ccc1O.Cc1cc(C(C)(C)c2ccc(O)c(C)c2)ccc1O.[CH3-].[CH3-].[Ti].[Ti]. The molecule has 0 saturated heterocycles. The number of phenols is 6. The molecule has 0 aliphatic carbocycles. The van der Waals surface area contributed by atoms with Gasteiger partial charge in [0.05, 0.1) is 0 Å². The summed E-state index contributed by atoms with van der Waals surface area (Å²) < 4.78 is 0. The Bertz CT molecular complexity index is 1950. The van der Waals surface area contributed by atoms with E-state index in [1.165, 1.54) is 0 Å². The second-order valence-corrected chi connectivity index (χ2v) is 16.9. The van der Waals surface area contributed by atoms with Crippen molar-refractivity contribution in [2.75, 3.05) is 0 Å². The summed E-state index contributed by atoms with van der Waals surface area (Å²) in [5.74, 6) is 1.92. The average Bonchev–Trinajstić information content (AvgIpc) is 3.15. The molecule has 0 aliphatic heterocycles. The Hall–Kier alpha value is -4.45. The zero-order chi connectivity index (χ0) is 42.6. The summed E-state index contributed by atoms with van der Waals surface area (Å²) in [5.41, 5.74) is 11.6. The van der Waals surface area contributed by atoms with Crippen LogP contribution >= 0.6 is 0 Å². The van der Waals surface area contributed by atoms with Crippen molar-refractivity contribution in [3.05, 3.63) is 191 Å². The van der Waals surface area contributed by atoms with Crippen LogP contribution in [0.5, 0.6) is 34.5 Å². The average molecular weight is 895 g/mol. The Morgan fingerprint density at radius 2 is 0.377 bits per heavy atom. The normalized spacial score (nSPS) is 10.8. The van der Waals surface area contributed by atoms with Gasteiger partial charge in [-0.2, -0.15) is 0 Å². The molecule has 324 valence electrons. The summed E-state index contributed by atoms with van der Waals surface area (Å²) in [6.45, 7) is 24.3. The third-order valence-electron chi connectivity index (χ3n) is 11.5. The van der Waals surface area contributed by atoms with Gasteiger partial charge in [-0.3, -0.25) is 0 Å². The predicted octanol–water partition coefficient (Wildman–Crippen LogP) is 13.0. The minimum absolute atomic E-state index is 0. The maximum Gasteiger partial charge on any atom is 0.118 e. The molecular weight excluding hydrogens is 828 g/mol. The molecule has 6 aromatic rings. The van der Waals surface area contributed by atoms with Crippen LogP contribution in [0.25, 0.3) is 0 Å². The van der Waals surface area contributed by atoms with Crippen molar-refractivity contribution in [1.82, 2.24) is 0 Å². The molecule has 0 aliphatic rings. The topological polar surface area (TPSA) is 121 Å². The number of aryl methyl sites for hydroxylation is 6. The van der Waals surface area contributed by atoms with Gasteiger partial charge in [0.15, 0.2) is 0 Å². The summed E-state index contributed by atoms with van der Waals surface area (Å²) in [6.07, 6.45) is 0. The van der Waals surface area contributed by atoms with Gasteiger partial charge in [0.2, 0.25) is 0 Å². The van der Waals surface area contributed by atoms with Crippen molar-refractivity contribution in [3.63, 3.8) is 0 Å². The number of hydrogen-bond acceptors (Lipinski definition) is 6. The largest absolute Gasteiger partial charge is 0.508 e. The smallest absolute Gasteiger partial charge is 0.118 e.